The highest BCUT2D eigenvalue weighted by Gasteiger charge is 2.14. The molecule has 0 spiro atoms. The number of nitrogens with zero attached hydrogens (tertiary/aromatic N) is 3. The molecule has 1 amide bonds. The lowest BCUT2D eigenvalue weighted by Crippen LogP contribution is -2.43. The van der Waals surface area contributed by atoms with Crippen LogP contribution in [0, 0.1) is 5.82 Å². The van der Waals surface area contributed by atoms with Crippen molar-refractivity contribution in [2.45, 2.75) is 6.92 Å². The number of pyridine rings is 1. The molecule has 7 nitrogen and oxygen atoms in total. The van der Waals surface area contributed by atoms with E-state index in [1.807, 2.05) is 0 Å². The summed E-state index contributed by atoms with van der Waals surface area (Å²) in [6.07, 6.45) is 3.08. The van der Waals surface area contributed by atoms with Crippen LogP contribution in [0.5, 0.6) is 0 Å². The Morgan fingerprint density at radius 1 is 1.30 bits per heavy atom. The number of hydrogen-bond donors (Lipinski definition) is 3. The van der Waals surface area contributed by atoms with Gasteiger partial charge in [-0.25, -0.2) is 10.2 Å². The number of amides is 1. The van der Waals surface area contributed by atoms with Crippen molar-refractivity contribution in [2.75, 3.05) is 11.2 Å². The Balaban J connectivity index is 2.17. The average molecular weight is 316 g/mol. The predicted octanol–water partition coefficient (Wildman–Crippen LogP) is 2.34. The number of rotatable bonds is 4. The molecule has 0 bridgehead atoms. The van der Waals surface area contributed by atoms with E-state index in [2.05, 4.69) is 15.5 Å². The minimum Gasteiger partial charge on any atom is -0.510 e. The van der Waals surface area contributed by atoms with Crippen LogP contribution in [0.25, 0.3) is 0 Å². The summed E-state index contributed by atoms with van der Waals surface area (Å²) in [5.74, 6) is 4.19. The molecule has 4 N–H and O–H groups in total. The van der Waals surface area contributed by atoms with Crippen LogP contribution in [0.2, 0.25) is 0 Å². The minimum atomic E-state index is -0.651. The molecule has 2 rings (SSSR count). The molecule has 1 aromatic heterocycles. The topological polar surface area (TPSA) is 104 Å². The summed E-state index contributed by atoms with van der Waals surface area (Å²) < 4.78 is 14.1. The van der Waals surface area contributed by atoms with Gasteiger partial charge in [0.15, 0.2) is 11.9 Å². The maximum Gasteiger partial charge on any atom is 0.279 e. The summed E-state index contributed by atoms with van der Waals surface area (Å²) in [5.41, 5.74) is 0.509. The molecule has 0 aliphatic rings. The smallest absolute Gasteiger partial charge is 0.279 e. The Labute approximate surface area is 131 Å². The van der Waals surface area contributed by atoms with Crippen LogP contribution >= 0.6 is 0 Å². The second kappa shape index (κ2) is 7.12. The van der Waals surface area contributed by atoms with E-state index in [0.717, 1.165) is 0 Å². The molecule has 0 unspecified atom stereocenters. The molecular formula is C15H15FN5O2+. The number of carbonyl (C=O) groups is 1. The van der Waals surface area contributed by atoms with Gasteiger partial charge in [0.1, 0.15) is 17.3 Å². The first kappa shape index (κ1) is 16.1. The van der Waals surface area contributed by atoms with Gasteiger partial charge in [-0.2, -0.15) is 5.11 Å². The second-order valence-electron chi connectivity index (χ2n) is 4.60. The lowest BCUT2D eigenvalue weighted by Gasteiger charge is -2.04. The van der Waals surface area contributed by atoms with Crippen molar-refractivity contribution in [1.29, 1.82) is 0 Å². The standard InChI is InChI=1S/C15H14FN5O2/c1-10(22)14(20-19-12-6-4-11(16)5-7-12)15(23)18-13-3-2-8-21(17)9-13/h2-9H,17H2,1H3,(H-,18,19,22,23)/p+1. The third kappa shape index (κ3) is 4.60. The summed E-state index contributed by atoms with van der Waals surface area (Å²) in [5, 5.41) is 19.7. The van der Waals surface area contributed by atoms with Crippen molar-refractivity contribution in [3.63, 3.8) is 0 Å². The molecule has 0 aliphatic heterocycles. The number of halogens is 1. The van der Waals surface area contributed by atoms with Gasteiger partial charge in [-0.1, -0.05) is 4.68 Å². The lowest BCUT2D eigenvalue weighted by molar-refractivity contribution is -0.638. The minimum absolute atomic E-state index is 0.262. The van der Waals surface area contributed by atoms with Gasteiger partial charge >= 0.3 is 0 Å². The molecular weight excluding hydrogens is 301 g/mol. The van der Waals surface area contributed by atoms with E-state index in [1.165, 1.54) is 42.1 Å². The van der Waals surface area contributed by atoms with E-state index >= 15 is 0 Å². The number of anilines is 1. The fraction of sp³-hybridized carbons (Fsp3) is 0.0667. The summed E-state index contributed by atoms with van der Waals surface area (Å²) in [6.45, 7) is 1.31. The number of aliphatic hydroxyl groups excluding tert-OH is 1. The van der Waals surface area contributed by atoms with E-state index < -0.39 is 11.7 Å². The van der Waals surface area contributed by atoms with Gasteiger partial charge < -0.3 is 10.4 Å². The first-order valence-corrected chi connectivity index (χ1v) is 6.60. The predicted molar refractivity (Wildman–Crippen MR) is 81.7 cm³/mol. The highest BCUT2D eigenvalue weighted by molar-refractivity contribution is 6.03. The van der Waals surface area contributed by atoms with E-state index in [-0.39, 0.29) is 11.5 Å². The number of carbonyl (C=O) groups excluding carboxylic acids is 1. The molecule has 8 heteroatoms. The zero-order valence-corrected chi connectivity index (χ0v) is 12.3. The SMILES string of the molecule is CC(O)=C(N=Nc1ccc(F)cc1)C(=O)Nc1ccc[n+](N)c1. The molecule has 0 saturated heterocycles. The van der Waals surface area contributed by atoms with Crippen LogP contribution in [-0.2, 0) is 4.79 Å². The number of nitrogens with two attached hydrogens (primary N) is 1. The lowest BCUT2D eigenvalue weighted by atomic mass is 10.3. The molecule has 0 atom stereocenters. The fourth-order valence-electron chi connectivity index (χ4n) is 1.65. The number of benzene rings is 1. The normalized spacial score (nSPS) is 12.1. The Morgan fingerprint density at radius 2 is 2.00 bits per heavy atom. The van der Waals surface area contributed by atoms with Crippen LogP contribution in [0.15, 0.2) is 70.5 Å². The zero-order chi connectivity index (χ0) is 16.8. The number of hydrogen-bond acceptors (Lipinski definition) is 5. The van der Waals surface area contributed by atoms with Gasteiger partial charge in [-0.15, -0.1) is 5.11 Å². The van der Waals surface area contributed by atoms with Gasteiger partial charge in [-0.05, 0) is 37.3 Å². The maximum absolute atomic E-state index is 12.8. The monoisotopic (exact) mass is 316 g/mol. The quantitative estimate of drug-likeness (QED) is 0.265. The third-order valence-corrected chi connectivity index (χ3v) is 2.73. The molecule has 1 heterocycles. The van der Waals surface area contributed by atoms with Gasteiger partial charge in [-0.3, -0.25) is 4.79 Å². The van der Waals surface area contributed by atoms with Crippen molar-refractivity contribution >= 4 is 17.3 Å². The highest BCUT2D eigenvalue weighted by Crippen LogP contribution is 2.16. The zero-order valence-electron chi connectivity index (χ0n) is 12.3. The van der Waals surface area contributed by atoms with Crippen molar-refractivity contribution in [1.82, 2.24) is 0 Å². The second-order valence-corrected chi connectivity index (χ2v) is 4.60. The summed E-state index contributed by atoms with van der Waals surface area (Å²) in [6, 6.07) is 8.50. The van der Waals surface area contributed by atoms with Gasteiger partial charge in [0.2, 0.25) is 6.20 Å². The van der Waals surface area contributed by atoms with E-state index in [4.69, 9.17) is 5.84 Å². The first-order chi connectivity index (χ1) is 11.0. The van der Waals surface area contributed by atoms with Gasteiger partial charge in [0.25, 0.3) is 5.91 Å². The summed E-state index contributed by atoms with van der Waals surface area (Å²) in [7, 11) is 0. The first-order valence-electron chi connectivity index (χ1n) is 6.60. The molecule has 0 saturated carbocycles. The molecule has 0 radical (unpaired) electrons. The van der Waals surface area contributed by atoms with Crippen LogP contribution in [0.1, 0.15) is 6.92 Å². The van der Waals surface area contributed by atoms with E-state index in [1.54, 1.807) is 18.3 Å². The maximum atomic E-state index is 12.8. The number of azo groups is 1. The average Bonchev–Trinajstić information content (AvgIpc) is 2.49. The molecule has 2 aromatic rings. The Morgan fingerprint density at radius 3 is 2.61 bits per heavy atom. The van der Waals surface area contributed by atoms with Crippen LogP contribution in [-0.4, -0.2) is 11.0 Å². The van der Waals surface area contributed by atoms with E-state index in [9.17, 15) is 14.3 Å². The molecule has 0 aliphatic carbocycles. The number of nitrogens with one attached hydrogen (secondary N) is 1. The molecule has 118 valence electrons. The number of allylic oxidation sites excluding steroid dienone is 1. The van der Waals surface area contributed by atoms with Crippen molar-refractivity contribution in [3.05, 3.63) is 66.1 Å². The van der Waals surface area contributed by atoms with Crippen molar-refractivity contribution in [3.8, 4) is 0 Å². The molecule has 23 heavy (non-hydrogen) atoms. The summed E-state index contributed by atoms with van der Waals surface area (Å²) in [4.78, 5) is 12.1. The number of aliphatic hydroxyl groups is 1. The van der Waals surface area contributed by atoms with Gasteiger partial charge in [0, 0.05) is 6.07 Å². The van der Waals surface area contributed by atoms with Crippen LogP contribution < -0.4 is 15.8 Å². The third-order valence-electron chi connectivity index (χ3n) is 2.73. The molecule has 1 aromatic carbocycles. The Hall–Kier alpha value is -3.29. The van der Waals surface area contributed by atoms with Crippen LogP contribution in [0.3, 0.4) is 0 Å². The van der Waals surface area contributed by atoms with Crippen molar-refractivity contribution < 1.29 is 19.0 Å². The molecule has 0 fully saturated rings. The highest BCUT2D eigenvalue weighted by atomic mass is 19.1. The van der Waals surface area contributed by atoms with Gasteiger partial charge in [0.05, 0.1) is 5.69 Å². The summed E-state index contributed by atoms with van der Waals surface area (Å²) >= 11 is 0. The Kier molecular flexibility index (Phi) is 4.98. The Bertz CT molecular complexity index is 768. The number of aromatic nitrogens is 1. The van der Waals surface area contributed by atoms with Crippen molar-refractivity contribution in [2.24, 2.45) is 10.2 Å². The van der Waals surface area contributed by atoms with Crippen LogP contribution in [0.4, 0.5) is 15.8 Å². The number of nitrogen functional groups attached to an aromatic ring is 1. The fourth-order valence-corrected chi connectivity index (χ4v) is 1.65. The largest absolute Gasteiger partial charge is 0.510 e. The van der Waals surface area contributed by atoms with E-state index in [0.29, 0.717) is 11.4 Å².